The van der Waals surface area contributed by atoms with Gasteiger partial charge in [-0.05, 0) is 32.8 Å². The van der Waals surface area contributed by atoms with Gasteiger partial charge in [-0.15, -0.1) is 0 Å². The molecular formula is C14H22ClN3O. The molecule has 1 heterocycles. The van der Waals surface area contributed by atoms with E-state index in [0.29, 0.717) is 16.4 Å². The fourth-order valence-electron chi connectivity index (χ4n) is 1.63. The van der Waals surface area contributed by atoms with E-state index in [2.05, 4.69) is 29.5 Å². The van der Waals surface area contributed by atoms with Gasteiger partial charge in [-0.25, -0.2) is 4.98 Å². The predicted octanol–water partition coefficient (Wildman–Crippen LogP) is 3.48. The Hall–Kier alpha value is -1.29. The second kappa shape index (κ2) is 6.75. The van der Waals surface area contributed by atoms with Crippen molar-refractivity contribution in [3.8, 4) is 0 Å². The van der Waals surface area contributed by atoms with Crippen molar-refractivity contribution in [2.24, 2.45) is 0 Å². The molecule has 0 saturated carbocycles. The summed E-state index contributed by atoms with van der Waals surface area (Å²) in [6, 6.07) is 1.65. The SMILES string of the molecule is CCNc1ncc(C(=O)NC(C)(CC)CC)cc1Cl. The van der Waals surface area contributed by atoms with Crippen LogP contribution in [0.5, 0.6) is 0 Å². The third-order valence-corrected chi connectivity index (χ3v) is 3.71. The van der Waals surface area contributed by atoms with Crippen molar-refractivity contribution < 1.29 is 4.79 Å². The Morgan fingerprint density at radius 2 is 2.00 bits per heavy atom. The van der Waals surface area contributed by atoms with E-state index >= 15 is 0 Å². The van der Waals surface area contributed by atoms with Crippen molar-refractivity contribution in [1.82, 2.24) is 10.3 Å². The average Bonchev–Trinajstić information content (AvgIpc) is 2.41. The number of hydrogen-bond donors (Lipinski definition) is 2. The molecule has 4 nitrogen and oxygen atoms in total. The Bertz CT molecular complexity index is 444. The number of nitrogens with one attached hydrogen (secondary N) is 2. The number of anilines is 1. The highest BCUT2D eigenvalue weighted by Crippen LogP contribution is 2.21. The largest absolute Gasteiger partial charge is 0.369 e. The molecule has 2 N–H and O–H groups in total. The van der Waals surface area contributed by atoms with Crippen LogP contribution in [0.3, 0.4) is 0 Å². The van der Waals surface area contributed by atoms with Crippen molar-refractivity contribution in [3.05, 3.63) is 22.8 Å². The van der Waals surface area contributed by atoms with Gasteiger partial charge in [0.2, 0.25) is 0 Å². The Kier molecular flexibility index (Phi) is 5.60. The molecule has 0 saturated heterocycles. The van der Waals surface area contributed by atoms with E-state index in [-0.39, 0.29) is 11.4 Å². The number of aromatic nitrogens is 1. The van der Waals surface area contributed by atoms with Gasteiger partial charge >= 0.3 is 0 Å². The molecule has 106 valence electrons. The maximum atomic E-state index is 12.2. The number of carbonyl (C=O) groups excluding carboxylic acids is 1. The van der Waals surface area contributed by atoms with Crippen molar-refractivity contribution in [2.75, 3.05) is 11.9 Å². The van der Waals surface area contributed by atoms with Gasteiger partial charge < -0.3 is 10.6 Å². The molecule has 0 spiro atoms. The summed E-state index contributed by atoms with van der Waals surface area (Å²) in [6.45, 7) is 8.86. The van der Waals surface area contributed by atoms with Gasteiger partial charge in [0.05, 0.1) is 10.6 Å². The quantitative estimate of drug-likeness (QED) is 0.840. The zero-order chi connectivity index (χ0) is 14.5. The summed E-state index contributed by atoms with van der Waals surface area (Å²) in [7, 11) is 0. The van der Waals surface area contributed by atoms with E-state index in [1.807, 2.05) is 13.8 Å². The second-order valence-electron chi connectivity index (χ2n) is 4.81. The molecular weight excluding hydrogens is 262 g/mol. The summed E-state index contributed by atoms with van der Waals surface area (Å²) in [4.78, 5) is 16.3. The lowest BCUT2D eigenvalue weighted by Gasteiger charge is -2.28. The molecule has 1 aromatic rings. The minimum absolute atomic E-state index is 0.136. The van der Waals surface area contributed by atoms with Crippen LogP contribution in [0.4, 0.5) is 5.82 Å². The lowest BCUT2D eigenvalue weighted by Crippen LogP contribution is -2.45. The summed E-state index contributed by atoms with van der Waals surface area (Å²) < 4.78 is 0. The van der Waals surface area contributed by atoms with Crippen LogP contribution in [0.1, 0.15) is 50.9 Å². The molecule has 0 aromatic carbocycles. The zero-order valence-electron chi connectivity index (χ0n) is 12.0. The van der Waals surface area contributed by atoms with E-state index < -0.39 is 0 Å². The molecule has 5 heteroatoms. The van der Waals surface area contributed by atoms with Crippen molar-refractivity contribution >= 4 is 23.3 Å². The molecule has 1 rings (SSSR count). The minimum atomic E-state index is -0.191. The third-order valence-electron chi connectivity index (χ3n) is 3.42. The van der Waals surface area contributed by atoms with Gasteiger partial charge in [-0.2, -0.15) is 0 Å². The second-order valence-corrected chi connectivity index (χ2v) is 5.21. The summed E-state index contributed by atoms with van der Waals surface area (Å²) in [5, 5.41) is 6.53. The Morgan fingerprint density at radius 3 is 2.47 bits per heavy atom. The molecule has 0 radical (unpaired) electrons. The average molecular weight is 284 g/mol. The van der Waals surface area contributed by atoms with Crippen molar-refractivity contribution in [2.45, 2.75) is 46.1 Å². The molecule has 1 amide bonds. The fraction of sp³-hybridized carbons (Fsp3) is 0.571. The number of hydrogen-bond acceptors (Lipinski definition) is 3. The van der Waals surface area contributed by atoms with Gasteiger partial charge in [0, 0.05) is 18.3 Å². The highest BCUT2D eigenvalue weighted by atomic mass is 35.5. The molecule has 0 fully saturated rings. The van der Waals surface area contributed by atoms with Crippen LogP contribution in [-0.2, 0) is 0 Å². The molecule has 0 bridgehead atoms. The van der Waals surface area contributed by atoms with Crippen LogP contribution in [0, 0.1) is 0 Å². The number of amides is 1. The van der Waals surface area contributed by atoms with Gasteiger partial charge in [0.25, 0.3) is 5.91 Å². The van der Waals surface area contributed by atoms with E-state index in [4.69, 9.17) is 11.6 Å². The first kappa shape index (κ1) is 15.8. The molecule has 0 aliphatic rings. The number of nitrogens with zero attached hydrogens (tertiary/aromatic N) is 1. The maximum Gasteiger partial charge on any atom is 0.253 e. The molecule has 0 unspecified atom stereocenters. The van der Waals surface area contributed by atoms with E-state index in [9.17, 15) is 4.79 Å². The molecule has 0 atom stereocenters. The first-order valence-corrected chi connectivity index (χ1v) is 7.05. The standard InChI is InChI=1S/C14H22ClN3O/c1-5-14(4,6-2)18-13(19)10-8-11(15)12(16-7-3)17-9-10/h8-9H,5-7H2,1-4H3,(H,16,17)(H,18,19). The highest BCUT2D eigenvalue weighted by molar-refractivity contribution is 6.33. The smallest absolute Gasteiger partial charge is 0.253 e. The summed E-state index contributed by atoms with van der Waals surface area (Å²) in [5.41, 5.74) is 0.295. The van der Waals surface area contributed by atoms with Crippen molar-refractivity contribution in [3.63, 3.8) is 0 Å². The fourth-order valence-corrected chi connectivity index (χ4v) is 1.87. The van der Waals surface area contributed by atoms with Crippen molar-refractivity contribution in [1.29, 1.82) is 0 Å². The Labute approximate surface area is 120 Å². The van der Waals surface area contributed by atoms with Crippen LogP contribution < -0.4 is 10.6 Å². The molecule has 0 aliphatic carbocycles. The monoisotopic (exact) mass is 283 g/mol. The Morgan fingerprint density at radius 1 is 1.37 bits per heavy atom. The lowest BCUT2D eigenvalue weighted by atomic mass is 9.95. The maximum absolute atomic E-state index is 12.2. The molecule has 1 aromatic heterocycles. The van der Waals surface area contributed by atoms with E-state index in [1.165, 1.54) is 0 Å². The van der Waals surface area contributed by atoms with Crippen LogP contribution in [0.25, 0.3) is 0 Å². The third kappa shape index (κ3) is 4.10. The summed E-state index contributed by atoms with van der Waals surface area (Å²) in [5.74, 6) is 0.470. The lowest BCUT2D eigenvalue weighted by molar-refractivity contribution is 0.0900. The normalized spacial score (nSPS) is 11.2. The number of pyridine rings is 1. The van der Waals surface area contributed by atoms with Crippen LogP contribution in [0.2, 0.25) is 5.02 Å². The van der Waals surface area contributed by atoms with E-state index in [0.717, 1.165) is 19.4 Å². The molecule has 0 aliphatic heterocycles. The first-order valence-electron chi connectivity index (χ1n) is 6.67. The number of carbonyl (C=O) groups is 1. The zero-order valence-corrected chi connectivity index (χ0v) is 12.8. The summed E-state index contributed by atoms with van der Waals surface area (Å²) >= 11 is 6.09. The van der Waals surface area contributed by atoms with E-state index in [1.54, 1.807) is 12.3 Å². The van der Waals surface area contributed by atoms with Gasteiger partial charge in [0.15, 0.2) is 0 Å². The molecule has 19 heavy (non-hydrogen) atoms. The minimum Gasteiger partial charge on any atom is -0.369 e. The number of rotatable bonds is 6. The Balaban J connectivity index is 2.86. The van der Waals surface area contributed by atoms with Crippen LogP contribution >= 0.6 is 11.6 Å². The van der Waals surface area contributed by atoms with Crippen LogP contribution in [-0.4, -0.2) is 23.0 Å². The highest BCUT2D eigenvalue weighted by Gasteiger charge is 2.23. The first-order chi connectivity index (χ1) is 8.95. The van der Waals surface area contributed by atoms with Gasteiger partial charge in [-0.3, -0.25) is 4.79 Å². The topological polar surface area (TPSA) is 54.0 Å². The number of halogens is 1. The van der Waals surface area contributed by atoms with Crippen LogP contribution in [0.15, 0.2) is 12.3 Å². The summed E-state index contributed by atoms with van der Waals surface area (Å²) in [6.07, 6.45) is 3.31. The van der Waals surface area contributed by atoms with Gasteiger partial charge in [-0.1, -0.05) is 25.4 Å². The predicted molar refractivity (Wildman–Crippen MR) is 79.9 cm³/mol. The van der Waals surface area contributed by atoms with Gasteiger partial charge in [0.1, 0.15) is 5.82 Å².